The molecular formula is C42H34Cl2N4O3S2. The quantitative estimate of drug-likeness (QED) is 0.0849. The molecule has 0 saturated carbocycles. The van der Waals surface area contributed by atoms with Gasteiger partial charge in [0.15, 0.2) is 5.13 Å². The van der Waals surface area contributed by atoms with E-state index in [2.05, 4.69) is 34.8 Å². The van der Waals surface area contributed by atoms with Gasteiger partial charge in [-0.3, -0.25) is 14.4 Å². The van der Waals surface area contributed by atoms with Gasteiger partial charge in [-0.2, -0.15) is 0 Å². The molecule has 0 radical (unpaired) electrons. The summed E-state index contributed by atoms with van der Waals surface area (Å²) >= 11 is 15.1. The third-order valence-corrected chi connectivity index (χ3v) is 10.6. The van der Waals surface area contributed by atoms with Crippen molar-refractivity contribution < 1.29 is 14.4 Å². The zero-order chi connectivity index (χ0) is 37.3. The third kappa shape index (κ3) is 10.0. The number of amides is 3. The zero-order valence-electron chi connectivity index (χ0n) is 28.7. The smallest absolute Gasteiger partial charge is 0.272 e. The van der Waals surface area contributed by atoms with Crippen molar-refractivity contribution in [3.63, 3.8) is 0 Å². The van der Waals surface area contributed by atoms with E-state index in [1.54, 1.807) is 66.7 Å². The molecule has 6 aromatic rings. The molecule has 6 rings (SSSR count). The summed E-state index contributed by atoms with van der Waals surface area (Å²) in [6.07, 6.45) is 1.65. The Balaban J connectivity index is 1.21. The molecule has 266 valence electrons. The van der Waals surface area contributed by atoms with E-state index in [1.807, 2.05) is 72.1 Å². The molecule has 53 heavy (non-hydrogen) atoms. The van der Waals surface area contributed by atoms with E-state index in [4.69, 9.17) is 23.2 Å². The first-order chi connectivity index (χ1) is 25.6. The third-order valence-electron chi connectivity index (χ3n) is 8.07. The lowest BCUT2D eigenvalue weighted by molar-refractivity contribution is -0.116. The second-order valence-corrected chi connectivity index (χ2v) is 15.1. The predicted molar refractivity (Wildman–Crippen MR) is 219 cm³/mol. The number of thiazole rings is 1. The summed E-state index contributed by atoms with van der Waals surface area (Å²) in [5.74, 6) is -0.820. The van der Waals surface area contributed by atoms with Crippen molar-refractivity contribution >= 4 is 80.9 Å². The van der Waals surface area contributed by atoms with Gasteiger partial charge < -0.3 is 16.0 Å². The number of nitrogens with one attached hydrogen (secondary N) is 3. The molecule has 1 heterocycles. The highest BCUT2D eigenvalue weighted by molar-refractivity contribution is 8.00. The molecular weight excluding hydrogens is 744 g/mol. The maximum Gasteiger partial charge on any atom is 0.272 e. The number of halogens is 2. The Morgan fingerprint density at radius 1 is 0.774 bits per heavy atom. The summed E-state index contributed by atoms with van der Waals surface area (Å²) in [5.41, 5.74) is 5.05. The van der Waals surface area contributed by atoms with Crippen LogP contribution in [-0.2, 0) is 9.59 Å². The maximum atomic E-state index is 13.9. The Kier molecular flexibility index (Phi) is 12.4. The van der Waals surface area contributed by atoms with Gasteiger partial charge in [-0.1, -0.05) is 116 Å². The Hall–Kier alpha value is -5.19. The highest BCUT2D eigenvalue weighted by atomic mass is 35.5. The SMILES string of the molecule is CC(C)c1ccc(/C=C(/NC(=O)c2ccccc2)C(=O)Nc2cccc(SC(C(=O)Nc3nc(-c4ccc(Cl)cc4Cl)cs3)c3ccccc3)c2)cc1. The summed E-state index contributed by atoms with van der Waals surface area (Å²) < 4.78 is 0. The van der Waals surface area contributed by atoms with E-state index in [9.17, 15) is 14.4 Å². The Labute approximate surface area is 326 Å². The van der Waals surface area contributed by atoms with Gasteiger partial charge in [0.1, 0.15) is 10.9 Å². The molecule has 1 unspecified atom stereocenters. The lowest BCUT2D eigenvalue weighted by atomic mass is 10.0. The van der Waals surface area contributed by atoms with Crippen LogP contribution in [0.1, 0.15) is 52.1 Å². The minimum atomic E-state index is -0.650. The zero-order valence-corrected chi connectivity index (χ0v) is 31.8. The van der Waals surface area contributed by atoms with Crippen LogP contribution in [0.15, 0.2) is 143 Å². The van der Waals surface area contributed by atoms with Crippen molar-refractivity contribution in [2.75, 3.05) is 10.6 Å². The second kappa shape index (κ2) is 17.6. The fourth-order valence-electron chi connectivity index (χ4n) is 5.29. The fraction of sp³-hybridized carbons (Fsp3) is 0.0952. The summed E-state index contributed by atoms with van der Waals surface area (Å²) in [6, 6.07) is 38.4. The topological polar surface area (TPSA) is 100 Å². The molecule has 0 aliphatic heterocycles. The van der Waals surface area contributed by atoms with E-state index in [1.165, 1.54) is 23.1 Å². The van der Waals surface area contributed by atoms with E-state index in [0.717, 1.165) is 21.6 Å². The molecule has 3 amide bonds. The molecule has 1 aromatic heterocycles. The summed E-state index contributed by atoms with van der Waals surface area (Å²) in [5, 5.41) is 11.3. The minimum Gasteiger partial charge on any atom is -0.321 e. The van der Waals surface area contributed by atoms with Gasteiger partial charge in [0.25, 0.3) is 11.8 Å². The van der Waals surface area contributed by atoms with Crippen molar-refractivity contribution in [1.82, 2.24) is 10.3 Å². The Bertz CT molecular complexity index is 2260. The van der Waals surface area contributed by atoms with Gasteiger partial charge in [-0.05, 0) is 77.2 Å². The number of carbonyl (C=O) groups excluding carboxylic acids is 3. The Morgan fingerprint density at radius 2 is 1.49 bits per heavy atom. The van der Waals surface area contributed by atoms with Gasteiger partial charge in [0, 0.05) is 32.1 Å². The van der Waals surface area contributed by atoms with Gasteiger partial charge in [0.2, 0.25) is 5.91 Å². The average Bonchev–Trinajstić information content (AvgIpc) is 3.62. The van der Waals surface area contributed by atoms with Crippen LogP contribution >= 0.6 is 46.3 Å². The van der Waals surface area contributed by atoms with Crippen LogP contribution in [-0.4, -0.2) is 22.7 Å². The van der Waals surface area contributed by atoms with Gasteiger partial charge in [-0.15, -0.1) is 23.1 Å². The molecule has 0 bridgehead atoms. The standard InChI is InChI=1S/C42H34Cl2N4O3S2/c1-26(2)28-18-16-27(17-19-28)22-36(46-39(49)30-12-7-4-8-13-30)40(50)45-32-14-9-15-33(24-32)53-38(29-10-5-3-6-11-29)41(51)48-42-47-37(25-52-42)34-21-20-31(43)23-35(34)44/h3-26,38H,1-2H3,(H,45,50)(H,46,49)(H,47,48,51)/b36-22+. The summed E-state index contributed by atoms with van der Waals surface area (Å²) in [4.78, 5) is 46.1. The van der Waals surface area contributed by atoms with Crippen molar-refractivity contribution in [2.24, 2.45) is 0 Å². The van der Waals surface area contributed by atoms with Crippen LogP contribution in [0.25, 0.3) is 17.3 Å². The van der Waals surface area contributed by atoms with Crippen LogP contribution in [0, 0.1) is 0 Å². The number of aromatic nitrogens is 1. The molecule has 0 saturated heterocycles. The van der Waals surface area contributed by atoms with E-state index < -0.39 is 17.1 Å². The number of nitrogens with zero attached hydrogens (tertiary/aromatic N) is 1. The molecule has 0 spiro atoms. The fourth-order valence-corrected chi connectivity index (χ4v) is 7.59. The lowest BCUT2D eigenvalue weighted by Gasteiger charge is -2.17. The van der Waals surface area contributed by atoms with Gasteiger partial charge >= 0.3 is 0 Å². The highest BCUT2D eigenvalue weighted by Gasteiger charge is 2.24. The summed E-state index contributed by atoms with van der Waals surface area (Å²) in [6.45, 7) is 4.22. The number of benzene rings is 5. The van der Waals surface area contributed by atoms with Crippen LogP contribution in [0.3, 0.4) is 0 Å². The first-order valence-electron chi connectivity index (χ1n) is 16.7. The number of hydrogen-bond acceptors (Lipinski definition) is 6. The predicted octanol–water partition coefficient (Wildman–Crippen LogP) is 11.1. The first kappa shape index (κ1) is 37.6. The first-order valence-corrected chi connectivity index (χ1v) is 19.2. The molecule has 1 atom stereocenters. The van der Waals surface area contributed by atoms with Crippen molar-refractivity contribution in [3.8, 4) is 11.3 Å². The van der Waals surface area contributed by atoms with Crippen molar-refractivity contribution in [2.45, 2.75) is 29.9 Å². The monoisotopic (exact) mass is 776 g/mol. The molecule has 0 aliphatic carbocycles. The molecule has 7 nitrogen and oxygen atoms in total. The van der Waals surface area contributed by atoms with E-state index in [-0.39, 0.29) is 11.6 Å². The number of thioether (sulfide) groups is 1. The van der Waals surface area contributed by atoms with Gasteiger partial charge in [0.05, 0.1) is 10.7 Å². The molecule has 0 fully saturated rings. The highest BCUT2D eigenvalue weighted by Crippen LogP contribution is 2.38. The summed E-state index contributed by atoms with van der Waals surface area (Å²) in [7, 11) is 0. The average molecular weight is 778 g/mol. The second-order valence-electron chi connectivity index (χ2n) is 12.2. The minimum absolute atomic E-state index is 0.0819. The van der Waals surface area contributed by atoms with Gasteiger partial charge in [-0.25, -0.2) is 4.98 Å². The van der Waals surface area contributed by atoms with E-state index >= 15 is 0 Å². The number of anilines is 2. The molecule has 3 N–H and O–H groups in total. The number of carbonyl (C=O) groups is 3. The van der Waals surface area contributed by atoms with Crippen LogP contribution in [0.2, 0.25) is 10.0 Å². The van der Waals surface area contributed by atoms with Crippen LogP contribution in [0.5, 0.6) is 0 Å². The van der Waals surface area contributed by atoms with E-state index in [0.29, 0.717) is 43.6 Å². The van der Waals surface area contributed by atoms with Crippen LogP contribution in [0.4, 0.5) is 10.8 Å². The van der Waals surface area contributed by atoms with Crippen molar-refractivity contribution in [3.05, 3.63) is 171 Å². The van der Waals surface area contributed by atoms with Crippen molar-refractivity contribution in [1.29, 1.82) is 0 Å². The molecule has 5 aromatic carbocycles. The lowest BCUT2D eigenvalue weighted by Crippen LogP contribution is -2.30. The largest absolute Gasteiger partial charge is 0.321 e. The normalized spacial score (nSPS) is 11.9. The van der Waals surface area contributed by atoms with Crippen LogP contribution < -0.4 is 16.0 Å². The molecule has 11 heteroatoms. The number of rotatable bonds is 12. The Morgan fingerprint density at radius 3 is 2.19 bits per heavy atom. The molecule has 0 aliphatic rings. The maximum absolute atomic E-state index is 13.9. The number of hydrogen-bond donors (Lipinski definition) is 3.